The Bertz CT molecular complexity index is 644. The first-order chi connectivity index (χ1) is 11.2. The molecule has 2 aromatic rings. The van der Waals surface area contributed by atoms with Gasteiger partial charge in [-0.2, -0.15) is 0 Å². The van der Waals surface area contributed by atoms with Crippen molar-refractivity contribution in [3.8, 4) is 17.0 Å². The fraction of sp³-hybridized carbons (Fsp3) is 0.333. The van der Waals surface area contributed by atoms with Gasteiger partial charge in [-0.25, -0.2) is 0 Å². The smallest absolute Gasteiger partial charge is 0.251 e. The third kappa shape index (κ3) is 4.53. The number of carbonyl (C=O) groups is 1. The number of nitrogens with one attached hydrogen (secondary N) is 1. The minimum Gasteiger partial charge on any atom is -0.496 e. The lowest BCUT2D eigenvalue weighted by Crippen LogP contribution is -2.32. The SMILES string of the molecule is CCCC(O)CNC(=O)c1ccc(OC)c(-c2ccccn2)c1. The Labute approximate surface area is 136 Å². The van der Waals surface area contributed by atoms with Gasteiger partial charge in [0.15, 0.2) is 0 Å². The molecule has 0 aliphatic rings. The van der Waals surface area contributed by atoms with Crippen LogP contribution in [0.15, 0.2) is 42.6 Å². The van der Waals surface area contributed by atoms with Gasteiger partial charge < -0.3 is 15.2 Å². The van der Waals surface area contributed by atoms with Crippen LogP contribution in [0, 0.1) is 0 Å². The molecule has 1 heterocycles. The van der Waals surface area contributed by atoms with Crippen LogP contribution < -0.4 is 10.1 Å². The van der Waals surface area contributed by atoms with E-state index in [2.05, 4.69) is 10.3 Å². The van der Waals surface area contributed by atoms with Gasteiger partial charge in [0.25, 0.3) is 5.91 Å². The lowest BCUT2D eigenvalue weighted by molar-refractivity contribution is 0.0910. The van der Waals surface area contributed by atoms with Crippen LogP contribution in [0.2, 0.25) is 0 Å². The van der Waals surface area contributed by atoms with Gasteiger partial charge in [-0.15, -0.1) is 0 Å². The van der Waals surface area contributed by atoms with E-state index in [1.165, 1.54) is 0 Å². The van der Waals surface area contributed by atoms with E-state index in [1.54, 1.807) is 31.5 Å². The number of hydrogen-bond donors (Lipinski definition) is 2. The minimum atomic E-state index is -0.516. The summed E-state index contributed by atoms with van der Waals surface area (Å²) in [6.45, 7) is 2.24. The van der Waals surface area contributed by atoms with Crippen LogP contribution in [0.4, 0.5) is 0 Å². The average Bonchev–Trinajstić information content (AvgIpc) is 2.60. The molecule has 0 saturated carbocycles. The van der Waals surface area contributed by atoms with Crippen molar-refractivity contribution in [1.29, 1.82) is 0 Å². The van der Waals surface area contributed by atoms with Crippen LogP contribution in [-0.4, -0.2) is 35.8 Å². The zero-order chi connectivity index (χ0) is 16.7. The van der Waals surface area contributed by atoms with E-state index < -0.39 is 6.10 Å². The van der Waals surface area contributed by atoms with Gasteiger partial charge in [-0.05, 0) is 36.8 Å². The molecule has 122 valence electrons. The third-order valence-corrected chi connectivity index (χ3v) is 3.52. The zero-order valence-corrected chi connectivity index (χ0v) is 13.5. The number of benzene rings is 1. The van der Waals surface area contributed by atoms with Crippen LogP contribution in [0.25, 0.3) is 11.3 Å². The largest absolute Gasteiger partial charge is 0.496 e. The van der Waals surface area contributed by atoms with E-state index in [9.17, 15) is 9.90 Å². The Morgan fingerprint density at radius 2 is 2.17 bits per heavy atom. The van der Waals surface area contributed by atoms with Crippen LogP contribution in [0.5, 0.6) is 5.75 Å². The number of aliphatic hydroxyl groups excluding tert-OH is 1. The number of nitrogens with zero attached hydrogens (tertiary/aromatic N) is 1. The molecule has 0 fully saturated rings. The number of hydrogen-bond acceptors (Lipinski definition) is 4. The second-order valence-electron chi connectivity index (χ2n) is 5.28. The van der Waals surface area contributed by atoms with Crippen molar-refractivity contribution in [2.75, 3.05) is 13.7 Å². The first-order valence-electron chi connectivity index (χ1n) is 7.71. The summed E-state index contributed by atoms with van der Waals surface area (Å²) in [6, 6.07) is 10.8. The van der Waals surface area contributed by atoms with Crippen molar-refractivity contribution in [2.24, 2.45) is 0 Å². The molecule has 2 rings (SSSR count). The van der Waals surface area contributed by atoms with E-state index in [4.69, 9.17) is 4.74 Å². The molecular weight excluding hydrogens is 292 g/mol. The second-order valence-corrected chi connectivity index (χ2v) is 5.28. The van der Waals surface area contributed by atoms with Crippen molar-refractivity contribution in [3.63, 3.8) is 0 Å². The quantitative estimate of drug-likeness (QED) is 0.824. The summed E-state index contributed by atoms with van der Waals surface area (Å²) in [5.74, 6) is 0.436. The van der Waals surface area contributed by atoms with Gasteiger partial charge in [-0.1, -0.05) is 19.4 Å². The van der Waals surface area contributed by atoms with Gasteiger partial charge >= 0.3 is 0 Å². The first kappa shape index (κ1) is 17.0. The fourth-order valence-electron chi connectivity index (χ4n) is 2.32. The number of rotatable bonds is 7. The highest BCUT2D eigenvalue weighted by atomic mass is 16.5. The molecule has 0 aliphatic carbocycles. The summed E-state index contributed by atoms with van der Waals surface area (Å²) in [4.78, 5) is 16.6. The predicted molar refractivity (Wildman–Crippen MR) is 89.5 cm³/mol. The fourth-order valence-corrected chi connectivity index (χ4v) is 2.32. The number of amides is 1. The Hall–Kier alpha value is -2.40. The predicted octanol–water partition coefficient (Wildman–Crippen LogP) is 2.65. The first-order valence-corrected chi connectivity index (χ1v) is 7.71. The summed E-state index contributed by atoms with van der Waals surface area (Å²) in [5, 5.41) is 12.5. The van der Waals surface area contributed by atoms with Crippen molar-refractivity contribution in [3.05, 3.63) is 48.2 Å². The van der Waals surface area contributed by atoms with Crippen LogP contribution in [0.1, 0.15) is 30.1 Å². The van der Waals surface area contributed by atoms with Gasteiger partial charge in [0, 0.05) is 23.9 Å². The molecule has 23 heavy (non-hydrogen) atoms. The minimum absolute atomic E-state index is 0.222. The average molecular weight is 314 g/mol. The molecule has 5 heteroatoms. The van der Waals surface area contributed by atoms with E-state index in [1.807, 2.05) is 25.1 Å². The van der Waals surface area contributed by atoms with Crippen molar-refractivity contribution in [1.82, 2.24) is 10.3 Å². The lowest BCUT2D eigenvalue weighted by atomic mass is 10.1. The van der Waals surface area contributed by atoms with Crippen LogP contribution >= 0.6 is 0 Å². The van der Waals surface area contributed by atoms with E-state index in [0.29, 0.717) is 17.7 Å². The number of pyridine rings is 1. The molecule has 1 atom stereocenters. The maximum Gasteiger partial charge on any atom is 0.251 e. The number of methoxy groups -OCH3 is 1. The highest BCUT2D eigenvalue weighted by Crippen LogP contribution is 2.29. The van der Waals surface area contributed by atoms with Gasteiger partial charge in [-0.3, -0.25) is 9.78 Å². The van der Waals surface area contributed by atoms with E-state index >= 15 is 0 Å². The molecular formula is C18H22N2O3. The number of aliphatic hydroxyl groups is 1. The summed E-state index contributed by atoms with van der Waals surface area (Å²) in [7, 11) is 1.59. The highest BCUT2D eigenvalue weighted by molar-refractivity contribution is 5.96. The van der Waals surface area contributed by atoms with Gasteiger partial charge in [0.2, 0.25) is 0 Å². The Kier molecular flexibility index (Phi) is 6.11. The van der Waals surface area contributed by atoms with E-state index in [-0.39, 0.29) is 12.5 Å². The van der Waals surface area contributed by atoms with Crippen molar-refractivity contribution >= 4 is 5.91 Å². The highest BCUT2D eigenvalue weighted by Gasteiger charge is 2.13. The number of ether oxygens (including phenoxy) is 1. The molecule has 1 amide bonds. The molecule has 0 saturated heterocycles. The summed E-state index contributed by atoms with van der Waals surface area (Å²) in [5.41, 5.74) is 2.01. The topological polar surface area (TPSA) is 71.5 Å². The number of aromatic nitrogens is 1. The standard InChI is InChI=1S/C18H22N2O3/c1-3-6-14(21)12-20-18(22)13-8-9-17(23-2)15(11-13)16-7-4-5-10-19-16/h4-5,7-11,14,21H,3,6,12H2,1-2H3,(H,20,22). The second kappa shape index (κ2) is 8.29. The Morgan fingerprint density at radius 1 is 1.35 bits per heavy atom. The normalized spacial score (nSPS) is 11.8. The van der Waals surface area contributed by atoms with Crippen molar-refractivity contribution < 1.29 is 14.6 Å². The Balaban J connectivity index is 2.19. The Morgan fingerprint density at radius 3 is 2.83 bits per heavy atom. The third-order valence-electron chi connectivity index (χ3n) is 3.52. The molecule has 0 aliphatic heterocycles. The van der Waals surface area contributed by atoms with Gasteiger partial charge in [0.1, 0.15) is 5.75 Å². The van der Waals surface area contributed by atoms with Crippen LogP contribution in [0.3, 0.4) is 0 Å². The van der Waals surface area contributed by atoms with Gasteiger partial charge in [0.05, 0.1) is 18.9 Å². The van der Waals surface area contributed by atoms with Crippen LogP contribution in [-0.2, 0) is 0 Å². The van der Waals surface area contributed by atoms with Crippen molar-refractivity contribution in [2.45, 2.75) is 25.9 Å². The molecule has 2 N–H and O–H groups in total. The summed E-state index contributed by atoms with van der Waals surface area (Å²) < 4.78 is 5.35. The lowest BCUT2D eigenvalue weighted by Gasteiger charge is -2.13. The summed E-state index contributed by atoms with van der Waals surface area (Å²) in [6.07, 6.45) is 2.73. The molecule has 0 spiro atoms. The maximum atomic E-state index is 12.3. The van der Waals surface area contributed by atoms with E-state index in [0.717, 1.165) is 17.7 Å². The summed E-state index contributed by atoms with van der Waals surface area (Å²) >= 11 is 0. The molecule has 0 radical (unpaired) electrons. The maximum absolute atomic E-state index is 12.3. The molecule has 1 aromatic carbocycles. The zero-order valence-electron chi connectivity index (χ0n) is 13.5. The molecule has 1 aromatic heterocycles. The monoisotopic (exact) mass is 314 g/mol. The molecule has 5 nitrogen and oxygen atoms in total. The number of carbonyl (C=O) groups excluding carboxylic acids is 1. The molecule has 1 unspecified atom stereocenters. The molecule has 0 bridgehead atoms.